The van der Waals surface area contributed by atoms with Gasteiger partial charge in [0.2, 0.25) is 11.8 Å². The van der Waals surface area contributed by atoms with Crippen LogP contribution in [0.3, 0.4) is 0 Å². The predicted molar refractivity (Wildman–Crippen MR) is 126 cm³/mol. The third kappa shape index (κ3) is 5.96. The molecule has 6 heteroatoms. The molecule has 1 saturated heterocycles. The van der Waals surface area contributed by atoms with E-state index in [-0.39, 0.29) is 29.1 Å². The van der Waals surface area contributed by atoms with Gasteiger partial charge in [-0.25, -0.2) is 0 Å². The average Bonchev–Trinajstić information content (AvgIpc) is 2.77. The highest BCUT2D eigenvalue weighted by atomic mass is 16.2. The van der Waals surface area contributed by atoms with E-state index in [1.807, 2.05) is 0 Å². The highest BCUT2D eigenvalue weighted by Gasteiger charge is 2.27. The standard InChI is InChI=1S/C26H33N3O3/c1-26(2,3)20-11-8-18(9-12-20)10-13-23(30)28-22-7-5-4-6-21(22)25(32)29-16-14-19(15-17-29)24(27)31/h4-9,11-12,19H,10,13-17H2,1-3H3,(H2,27,31)(H,28,30). The summed E-state index contributed by atoms with van der Waals surface area (Å²) in [5.74, 6) is -0.747. The van der Waals surface area contributed by atoms with Crippen LogP contribution in [0.1, 0.15) is 61.5 Å². The van der Waals surface area contributed by atoms with Crippen molar-refractivity contribution in [3.05, 3.63) is 65.2 Å². The number of likely N-dealkylation sites (tertiary alicyclic amines) is 1. The molecule has 170 valence electrons. The Labute approximate surface area is 190 Å². The Morgan fingerprint density at radius 2 is 1.62 bits per heavy atom. The first-order valence-corrected chi connectivity index (χ1v) is 11.2. The summed E-state index contributed by atoms with van der Waals surface area (Å²) in [6.07, 6.45) is 2.11. The van der Waals surface area contributed by atoms with E-state index in [9.17, 15) is 14.4 Å². The predicted octanol–water partition coefficient (Wildman–Crippen LogP) is 3.89. The van der Waals surface area contributed by atoms with Gasteiger partial charge in [-0.2, -0.15) is 0 Å². The first-order valence-electron chi connectivity index (χ1n) is 11.2. The Morgan fingerprint density at radius 3 is 2.22 bits per heavy atom. The number of carbonyl (C=O) groups is 3. The van der Waals surface area contributed by atoms with Crippen molar-refractivity contribution in [2.75, 3.05) is 18.4 Å². The molecule has 0 spiro atoms. The monoisotopic (exact) mass is 435 g/mol. The summed E-state index contributed by atoms with van der Waals surface area (Å²) >= 11 is 0. The summed E-state index contributed by atoms with van der Waals surface area (Å²) < 4.78 is 0. The normalized spacial score (nSPS) is 14.8. The van der Waals surface area contributed by atoms with Crippen LogP contribution < -0.4 is 11.1 Å². The number of benzene rings is 2. The van der Waals surface area contributed by atoms with Gasteiger partial charge in [-0.05, 0) is 47.9 Å². The minimum atomic E-state index is -0.308. The number of nitrogens with zero attached hydrogens (tertiary/aromatic N) is 1. The van der Waals surface area contributed by atoms with Gasteiger partial charge in [0.15, 0.2) is 0 Å². The van der Waals surface area contributed by atoms with Crippen molar-refractivity contribution in [2.45, 2.75) is 51.9 Å². The number of anilines is 1. The van der Waals surface area contributed by atoms with Gasteiger partial charge in [0, 0.05) is 25.4 Å². The SMILES string of the molecule is CC(C)(C)c1ccc(CCC(=O)Nc2ccccc2C(=O)N2CCC(C(N)=O)CC2)cc1. The lowest BCUT2D eigenvalue weighted by Gasteiger charge is -2.31. The van der Waals surface area contributed by atoms with Crippen molar-refractivity contribution in [1.29, 1.82) is 0 Å². The van der Waals surface area contributed by atoms with E-state index in [1.54, 1.807) is 29.2 Å². The number of nitrogens with one attached hydrogen (secondary N) is 1. The van der Waals surface area contributed by atoms with E-state index in [1.165, 1.54) is 5.56 Å². The molecule has 3 N–H and O–H groups in total. The summed E-state index contributed by atoms with van der Waals surface area (Å²) in [5.41, 5.74) is 8.83. The molecule has 3 rings (SSSR count). The van der Waals surface area contributed by atoms with E-state index in [0.717, 1.165) is 5.56 Å². The summed E-state index contributed by atoms with van der Waals surface area (Å²) in [5, 5.41) is 2.90. The number of aryl methyl sites for hydroxylation is 1. The van der Waals surface area contributed by atoms with Gasteiger partial charge in [-0.3, -0.25) is 14.4 Å². The number of hydrogen-bond acceptors (Lipinski definition) is 3. The van der Waals surface area contributed by atoms with Crippen LogP contribution in [-0.2, 0) is 21.4 Å². The van der Waals surface area contributed by atoms with Crippen LogP contribution in [-0.4, -0.2) is 35.7 Å². The summed E-state index contributed by atoms with van der Waals surface area (Å²) in [6, 6.07) is 15.4. The smallest absolute Gasteiger partial charge is 0.255 e. The van der Waals surface area contributed by atoms with E-state index >= 15 is 0 Å². The number of carbonyl (C=O) groups excluding carboxylic acids is 3. The first kappa shape index (κ1) is 23.5. The zero-order valence-corrected chi connectivity index (χ0v) is 19.2. The van der Waals surface area contributed by atoms with Crippen molar-refractivity contribution in [3.63, 3.8) is 0 Å². The third-order valence-electron chi connectivity index (χ3n) is 6.08. The number of rotatable bonds is 6. The second-order valence-electron chi connectivity index (χ2n) is 9.51. The number of hydrogen-bond donors (Lipinski definition) is 2. The minimum absolute atomic E-state index is 0.0985. The Bertz CT molecular complexity index is 969. The molecule has 1 fully saturated rings. The Hall–Kier alpha value is -3.15. The maximum absolute atomic E-state index is 13.0. The van der Waals surface area contributed by atoms with Crippen LogP contribution in [0.25, 0.3) is 0 Å². The lowest BCUT2D eigenvalue weighted by atomic mass is 9.86. The van der Waals surface area contributed by atoms with Gasteiger partial charge in [0.05, 0.1) is 11.3 Å². The molecule has 1 heterocycles. The van der Waals surface area contributed by atoms with Crippen LogP contribution in [0.2, 0.25) is 0 Å². The maximum Gasteiger partial charge on any atom is 0.255 e. The lowest BCUT2D eigenvalue weighted by Crippen LogP contribution is -2.42. The number of amides is 3. The molecule has 0 aliphatic carbocycles. The number of para-hydroxylation sites is 1. The molecular formula is C26H33N3O3. The Balaban J connectivity index is 1.59. The molecular weight excluding hydrogens is 402 g/mol. The molecule has 0 unspecified atom stereocenters. The first-order chi connectivity index (χ1) is 15.1. The van der Waals surface area contributed by atoms with Crippen molar-refractivity contribution in [1.82, 2.24) is 4.90 Å². The second-order valence-corrected chi connectivity index (χ2v) is 9.51. The van der Waals surface area contributed by atoms with Gasteiger partial charge in [-0.15, -0.1) is 0 Å². The summed E-state index contributed by atoms with van der Waals surface area (Å²) in [4.78, 5) is 38.7. The third-order valence-corrected chi connectivity index (χ3v) is 6.08. The molecule has 1 aliphatic heterocycles. The van der Waals surface area contributed by atoms with Crippen LogP contribution in [0, 0.1) is 5.92 Å². The van der Waals surface area contributed by atoms with Gasteiger partial charge in [-0.1, -0.05) is 57.2 Å². The molecule has 1 aliphatic rings. The fourth-order valence-electron chi connectivity index (χ4n) is 3.96. The van der Waals surface area contributed by atoms with Crippen LogP contribution in [0.5, 0.6) is 0 Å². The molecule has 2 aromatic carbocycles. The maximum atomic E-state index is 13.0. The Kier molecular flexibility index (Phi) is 7.33. The quantitative estimate of drug-likeness (QED) is 0.721. The highest BCUT2D eigenvalue weighted by molar-refractivity contribution is 6.03. The molecule has 0 aromatic heterocycles. The largest absolute Gasteiger partial charge is 0.369 e. The van der Waals surface area contributed by atoms with Crippen LogP contribution in [0.4, 0.5) is 5.69 Å². The van der Waals surface area contributed by atoms with E-state index in [2.05, 4.69) is 50.4 Å². The fraction of sp³-hybridized carbons (Fsp3) is 0.423. The van der Waals surface area contributed by atoms with Gasteiger partial charge >= 0.3 is 0 Å². The molecule has 6 nitrogen and oxygen atoms in total. The Morgan fingerprint density at radius 1 is 1.00 bits per heavy atom. The molecule has 0 atom stereocenters. The molecule has 0 saturated carbocycles. The van der Waals surface area contributed by atoms with E-state index < -0.39 is 0 Å². The molecule has 3 amide bonds. The molecule has 0 bridgehead atoms. The fourth-order valence-corrected chi connectivity index (χ4v) is 3.96. The zero-order valence-electron chi connectivity index (χ0n) is 19.2. The van der Waals surface area contributed by atoms with Crippen molar-refractivity contribution in [3.8, 4) is 0 Å². The van der Waals surface area contributed by atoms with Crippen molar-refractivity contribution < 1.29 is 14.4 Å². The van der Waals surface area contributed by atoms with Crippen molar-refractivity contribution >= 4 is 23.4 Å². The lowest BCUT2D eigenvalue weighted by molar-refractivity contribution is -0.123. The molecule has 32 heavy (non-hydrogen) atoms. The second kappa shape index (κ2) is 9.98. The van der Waals surface area contributed by atoms with Gasteiger partial charge < -0.3 is 16.0 Å². The molecule has 0 radical (unpaired) electrons. The van der Waals surface area contributed by atoms with Crippen LogP contribution >= 0.6 is 0 Å². The van der Waals surface area contributed by atoms with Crippen molar-refractivity contribution in [2.24, 2.45) is 11.7 Å². The zero-order chi connectivity index (χ0) is 23.3. The van der Waals surface area contributed by atoms with E-state index in [4.69, 9.17) is 5.73 Å². The highest BCUT2D eigenvalue weighted by Crippen LogP contribution is 2.24. The molecule has 2 aromatic rings. The number of primary amides is 1. The average molecular weight is 436 g/mol. The topological polar surface area (TPSA) is 92.5 Å². The van der Waals surface area contributed by atoms with E-state index in [0.29, 0.717) is 50.0 Å². The number of nitrogens with two attached hydrogens (primary N) is 1. The van der Waals surface area contributed by atoms with Gasteiger partial charge in [0.25, 0.3) is 5.91 Å². The van der Waals surface area contributed by atoms with Gasteiger partial charge in [0.1, 0.15) is 0 Å². The minimum Gasteiger partial charge on any atom is -0.369 e. The number of piperidine rings is 1. The summed E-state index contributed by atoms with van der Waals surface area (Å²) in [6.45, 7) is 7.50. The summed E-state index contributed by atoms with van der Waals surface area (Å²) in [7, 11) is 0. The van der Waals surface area contributed by atoms with Crippen LogP contribution in [0.15, 0.2) is 48.5 Å².